The Balaban J connectivity index is 1.78. The van der Waals surface area contributed by atoms with Crippen molar-refractivity contribution in [2.45, 2.75) is 33.1 Å². The first kappa shape index (κ1) is 15.2. The van der Waals surface area contributed by atoms with Gasteiger partial charge in [-0.25, -0.2) is 16.8 Å². The molecule has 1 aliphatic rings. The summed E-state index contributed by atoms with van der Waals surface area (Å²) in [5.74, 6) is 0. The monoisotopic (exact) mass is 336 g/mol. The Morgan fingerprint density at radius 2 is 0.909 bits per heavy atom. The van der Waals surface area contributed by atoms with Crippen LogP contribution in [0.5, 0.6) is 0 Å². The highest BCUT2D eigenvalue weighted by Gasteiger charge is 2.46. The minimum absolute atomic E-state index is 0.161. The molecule has 0 amide bonds. The molecule has 2 aromatic carbocycles. The van der Waals surface area contributed by atoms with Crippen LogP contribution in [0.2, 0.25) is 0 Å². The van der Waals surface area contributed by atoms with Crippen molar-refractivity contribution in [2.24, 2.45) is 0 Å². The van der Waals surface area contributed by atoms with E-state index >= 15 is 0 Å². The standard InChI is InChI=1S/C16H16O4S2/c17-21(18,13-7-3-1-4-8-13)15-11-16(12-15)22(19,20)14-9-5-2-6-10-14/h1-10,15-16H,11-12H2. The van der Waals surface area contributed by atoms with Crippen LogP contribution in [0.4, 0.5) is 0 Å². The van der Waals surface area contributed by atoms with Crippen LogP contribution < -0.4 is 0 Å². The molecule has 0 aliphatic heterocycles. The molecule has 0 unspecified atom stereocenters. The molecule has 1 aliphatic carbocycles. The van der Waals surface area contributed by atoms with Crippen LogP contribution in [0, 0.1) is 0 Å². The van der Waals surface area contributed by atoms with Gasteiger partial charge in [-0.05, 0) is 37.1 Å². The highest BCUT2D eigenvalue weighted by Crippen LogP contribution is 2.38. The molecule has 0 N–H and O–H groups in total. The van der Waals surface area contributed by atoms with Gasteiger partial charge in [-0.15, -0.1) is 0 Å². The van der Waals surface area contributed by atoms with Crippen molar-refractivity contribution >= 4 is 19.7 Å². The van der Waals surface area contributed by atoms with Crippen molar-refractivity contribution in [3.05, 3.63) is 60.7 Å². The molecule has 0 saturated heterocycles. The average Bonchev–Trinajstić information content (AvgIpc) is 2.47. The van der Waals surface area contributed by atoms with E-state index in [1.54, 1.807) is 60.7 Å². The van der Waals surface area contributed by atoms with Crippen LogP contribution in [0.1, 0.15) is 12.8 Å². The predicted octanol–water partition coefficient (Wildman–Crippen LogP) is 2.47. The zero-order chi connectivity index (χ0) is 15.8. The van der Waals surface area contributed by atoms with Gasteiger partial charge in [0.05, 0.1) is 20.3 Å². The molecular weight excluding hydrogens is 320 g/mol. The van der Waals surface area contributed by atoms with Crippen molar-refractivity contribution in [3.63, 3.8) is 0 Å². The third-order valence-corrected chi connectivity index (χ3v) is 8.46. The normalized spacial score (nSPS) is 22.0. The highest BCUT2D eigenvalue weighted by atomic mass is 32.2. The molecule has 0 spiro atoms. The minimum atomic E-state index is -3.44. The maximum Gasteiger partial charge on any atom is 0.181 e. The van der Waals surface area contributed by atoms with E-state index in [1.165, 1.54) is 0 Å². The maximum absolute atomic E-state index is 12.4. The first-order valence-electron chi connectivity index (χ1n) is 7.00. The van der Waals surface area contributed by atoms with Gasteiger partial charge in [-0.1, -0.05) is 36.4 Å². The summed E-state index contributed by atoms with van der Waals surface area (Å²) in [6.45, 7) is 0. The average molecular weight is 336 g/mol. The van der Waals surface area contributed by atoms with E-state index in [1.807, 2.05) is 0 Å². The lowest BCUT2D eigenvalue weighted by molar-refractivity contribution is 0.461. The van der Waals surface area contributed by atoms with Gasteiger partial charge in [-0.2, -0.15) is 0 Å². The van der Waals surface area contributed by atoms with Gasteiger partial charge in [-0.3, -0.25) is 0 Å². The molecule has 3 rings (SSSR count). The molecule has 116 valence electrons. The van der Waals surface area contributed by atoms with E-state index in [4.69, 9.17) is 0 Å². The molecule has 0 bridgehead atoms. The third-order valence-electron chi connectivity index (χ3n) is 4.07. The fourth-order valence-electron chi connectivity index (χ4n) is 2.63. The summed E-state index contributed by atoms with van der Waals surface area (Å²) in [5, 5.41) is -1.23. The summed E-state index contributed by atoms with van der Waals surface area (Å²) in [6, 6.07) is 16.4. The number of hydrogen-bond acceptors (Lipinski definition) is 4. The molecule has 22 heavy (non-hydrogen) atoms. The summed E-state index contributed by atoms with van der Waals surface area (Å²) < 4.78 is 49.7. The first-order chi connectivity index (χ1) is 10.4. The van der Waals surface area contributed by atoms with E-state index in [9.17, 15) is 16.8 Å². The molecule has 0 atom stereocenters. The Morgan fingerprint density at radius 3 is 1.23 bits per heavy atom. The van der Waals surface area contributed by atoms with E-state index in [2.05, 4.69) is 0 Å². The smallest absolute Gasteiger partial charge is 0.181 e. The van der Waals surface area contributed by atoms with Gasteiger partial charge >= 0.3 is 0 Å². The summed E-state index contributed by atoms with van der Waals surface area (Å²) in [4.78, 5) is 0.520. The van der Waals surface area contributed by atoms with Gasteiger partial charge in [0.15, 0.2) is 19.7 Å². The molecule has 4 nitrogen and oxygen atoms in total. The van der Waals surface area contributed by atoms with E-state index in [0.29, 0.717) is 0 Å². The van der Waals surface area contributed by atoms with Gasteiger partial charge in [0.1, 0.15) is 0 Å². The Morgan fingerprint density at radius 1 is 0.591 bits per heavy atom. The molecule has 6 heteroatoms. The third kappa shape index (κ3) is 2.57. The first-order valence-corrected chi connectivity index (χ1v) is 10.1. The van der Waals surface area contributed by atoms with Gasteiger partial charge < -0.3 is 0 Å². The lowest BCUT2D eigenvalue weighted by atomic mass is 9.99. The number of benzene rings is 2. The SMILES string of the molecule is O=S(=O)(c1ccccc1)C1CC(S(=O)(=O)c2ccccc2)C1. The van der Waals surface area contributed by atoms with Crippen molar-refractivity contribution < 1.29 is 16.8 Å². The fraction of sp³-hybridized carbons (Fsp3) is 0.250. The minimum Gasteiger partial charge on any atom is -0.223 e. The zero-order valence-corrected chi connectivity index (χ0v) is 13.4. The zero-order valence-electron chi connectivity index (χ0n) is 11.8. The van der Waals surface area contributed by atoms with Crippen LogP contribution in [-0.2, 0) is 19.7 Å². The lowest BCUT2D eigenvalue weighted by Crippen LogP contribution is -2.43. The molecule has 2 aromatic rings. The van der Waals surface area contributed by atoms with Crippen LogP contribution >= 0.6 is 0 Å². The number of sulfone groups is 2. The quantitative estimate of drug-likeness (QED) is 0.860. The lowest BCUT2D eigenvalue weighted by Gasteiger charge is -2.34. The second-order valence-corrected chi connectivity index (χ2v) is 9.89. The van der Waals surface area contributed by atoms with Gasteiger partial charge in [0, 0.05) is 0 Å². The molecular formula is C16H16O4S2. The van der Waals surface area contributed by atoms with Crippen LogP contribution in [0.25, 0.3) is 0 Å². The molecule has 1 fully saturated rings. The van der Waals surface area contributed by atoms with Gasteiger partial charge in [0.2, 0.25) is 0 Å². The van der Waals surface area contributed by atoms with Crippen LogP contribution in [0.3, 0.4) is 0 Å². The van der Waals surface area contributed by atoms with Crippen molar-refractivity contribution in [2.75, 3.05) is 0 Å². The second-order valence-electron chi connectivity index (χ2n) is 5.43. The molecule has 0 heterocycles. The van der Waals surface area contributed by atoms with E-state index in [-0.39, 0.29) is 22.6 Å². The molecule has 0 aromatic heterocycles. The fourth-order valence-corrected chi connectivity index (χ4v) is 6.66. The Kier molecular flexibility index (Phi) is 3.82. The van der Waals surface area contributed by atoms with Crippen LogP contribution in [-0.4, -0.2) is 27.3 Å². The molecule has 0 radical (unpaired) electrons. The van der Waals surface area contributed by atoms with Crippen molar-refractivity contribution in [3.8, 4) is 0 Å². The maximum atomic E-state index is 12.4. The number of rotatable bonds is 4. The topological polar surface area (TPSA) is 68.3 Å². The molecule has 1 saturated carbocycles. The summed E-state index contributed by atoms with van der Waals surface area (Å²) >= 11 is 0. The Labute approximate surface area is 130 Å². The Hall–Kier alpha value is -1.66. The second kappa shape index (κ2) is 5.52. The van der Waals surface area contributed by atoms with E-state index < -0.39 is 30.2 Å². The summed E-state index contributed by atoms with van der Waals surface area (Å²) in [5.41, 5.74) is 0. The van der Waals surface area contributed by atoms with Gasteiger partial charge in [0.25, 0.3) is 0 Å². The highest BCUT2D eigenvalue weighted by molar-refractivity contribution is 7.93. The summed E-state index contributed by atoms with van der Waals surface area (Å²) in [6.07, 6.45) is 0.322. The van der Waals surface area contributed by atoms with Crippen LogP contribution in [0.15, 0.2) is 70.5 Å². The van der Waals surface area contributed by atoms with Crippen molar-refractivity contribution in [1.82, 2.24) is 0 Å². The van der Waals surface area contributed by atoms with E-state index in [0.717, 1.165) is 0 Å². The Bertz CT molecular complexity index is 777. The number of hydrogen-bond donors (Lipinski definition) is 0. The summed E-state index contributed by atoms with van der Waals surface area (Å²) in [7, 11) is -6.88. The van der Waals surface area contributed by atoms with Crippen molar-refractivity contribution in [1.29, 1.82) is 0 Å². The largest absolute Gasteiger partial charge is 0.223 e. The predicted molar refractivity (Wildman–Crippen MR) is 84.1 cm³/mol.